The van der Waals surface area contributed by atoms with E-state index >= 15 is 0 Å². The minimum absolute atomic E-state index is 0.0321. The smallest absolute Gasteiger partial charge is 0.353 e. The summed E-state index contributed by atoms with van der Waals surface area (Å²) in [7, 11) is 0. The van der Waals surface area contributed by atoms with E-state index in [4.69, 9.17) is 0 Å². The highest BCUT2D eigenvalue weighted by molar-refractivity contribution is 5.78. The fourth-order valence-electron chi connectivity index (χ4n) is 3.15. The second-order valence-corrected chi connectivity index (χ2v) is 7.51. The first-order valence-corrected chi connectivity index (χ1v) is 9.95. The molecule has 1 heterocycles. The summed E-state index contributed by atoms with van der Waals surface area (Å²) >= 11 is 0. The van der Waals surface area contributed by atoms with E-state index in [1.165, 1.54) is 0 Å². The number of halogens is 4. The number of nitrogens with zero attached hydrogens (tertiary/aromatic N) is 2. The van der Waals surface area contributed by atoms with Gasteiger partial charge in [-0.15, -0.1) is 0 Å². The Balaban J connectivity index is 1.76. The van der Waals surface area contributed by atoms with Gasteiger partial charge in [-0.25, -0.2) is 4.39 Å². The molecular weight excluding hydrogens is 404 g/mol. The molecule has 1 unspecified atom stereocenters. The van der Waals surface area contributed by atoms with Crippen LogP contribution in [0.1, 0.15) is 31.4 Å². The Morgan fingerprint density at radius 1 is 1.07 bits per heavy atom. The van der Waals surface area contributed by atoms with Crippen LogP contribution < -0.4 is 10.6 Å². The van der Waals surface area contributed by atoms with Crippen LogP contribution in [-0.4, -0.2) is 66.9 Å². The zero-order valence-corrected chi connectivity index (χ0v) is 17.2. The van der Waals surface area contributed by atoms with E-state index in [1.807, 2.05) is 23.6 Å². The van der Waals surface area contributed by atoms with Gasteiger partial charge in [0, 0.05) is 38.8 Å². The number of nitrogens with one attached hydrogen (secondary N) is 2. The number of rotatable bonds is 8. The van der Waals surface area contributed by atoms with Gasteiger partial charge in [-0.1, -0.05) is 13.0 Å². The molecule has 0 saturated carbocycles. The minimum Gasteiger partial charge on any atom is -0.353 e. The Morgan fingerprint density at radius 2 is 1.63 bits per heavy atom. The fourth-order valence-corrected chi connectivity index (χ4v) is 3.15. The van der Waals surface area contributed by atoms with Crippen molar-refractivity contribution in [2.45, 2.75) is 39.0 Å². The van der Waals surface area contributed by atoms with Crippen molar-refractivity contribution in [2.24, 2.45) is 0 Å². The first-order chi connectivity index (χ1) is 14.1. The second kappa shape index (κ2) is 10.7. The van der Waals surface area contributed by atoms with Crippen molar-refractivity contribution in [2.75, 3.05) is 39.3 Å². The number of hydrogen-bond acceptors (Lipinski definition) is 4. The number of benzene rings is 1. The van der Waals surface area contributed by atoms with Gasteiger partial charge < -0.3 is 10.6 Å². The summed E-state index contributed by atoms with van der Waals surface area (Å²) in [6, 6.07) is 2.52. The number of carbonyl (C=O) groups excluding carboxylic acids is 2. The first-order valence-electron chi connectivity index (χ1n) is 9.95. The van der Waals surface area contributed by atoms with Crippen molar-refractivity contribution < 1.29 is 27.2 Å². The standard InChI is InChI=1S/C20H28F4N4O2/c1-3-14(2)26-19(30)13-28-8-6-27(7-9-28)12-18(29)25-11-15-4-5-16(21)10-17(15)20(22,23)24/h4-5,10,14H,3,6-9,11-13H2,1-2H3,(H,25,29)(H,26,30). The lowest BCUT2D eigenvalue weighted by atomic mass is 10.1. The van der Waals surface area contributed by atoms with Crippen LogP contribution >= 0.6 is 0 Å². The van der Waals surface area contributed by atoms with Crippen LogP contribution in [0.5, 0.6) is 0 Å². The molecule has 30 heavy (non-hydrogen) atoms. The first kappa shape index (κ1) is 24.1. The highest BCUT2D eigenvalue weighted by atomic mass is 19.4. The molecule has 1 saturated heterocycles. The maximum atomic E-state index is 13.2. The van der Waals surface area contributed by atoms with E-state index in [9.17, 15) is 27.2 Å². The van der Waals surface area contributed by atoms with E-state index in [-0.39, 0.29) is 30.6 Å². The molecule has 0 aliphatic carbocycles. The van der Waals surface area contributed by atoms with Gasteiger partial charge in [-0.05, 0) is 31.0 Å². The van der Waals surface area contributed by atoms with Gasteiger partial charge in [0.1, 0.15) is 5.82 Å². The predicted molar refractivity (Wildman–Crippen MR) is 104 cm³/mol. The number of piperazine rings is 1. The molecule has 6 nitrogen and oxygen atoms in total. The summed E-state index contributed by atoms with van der Waals surface area (Å²) in [6.45, 7) is 6.36. The second-order valence-electron chi connectivity index (χ2n) is 7.51. The monoisotopic (exact) mass is 432 g/mol. The van der Waals surface area contributed by atoms with Crippen LogP contribution in [0, 0.1) is 5.82 Å². The third-order valence-corrected chi connectivity index (χ3v) is 5.07. The van der Waals surface area contributed by atoms with Crippen LogP contribution in [0.15, 0.2) is 18.2 Å². The van der Waals surface area contributed by atoms with Crippen LogP contribution in [0.25, 0.3) is 0 Å². The maximum Gasteiger partial charge on any atom is 0.416 e. The quantitative estimate of drug-likeness (QED) is 0.617. The van der Waals surface area contributed by atoms with Crippen molar-refractivity contribution in [3.8, 4) is 0 Å². The zero-order valence-electron chi connectivity index (χ0n) is 17.2. The lowest BCUT2D eigenvalue weighted by Gasteiger charge is -2.34. The summed E-state index contributed by atoms with van der Waals surface area (Å²) in [4.78, 5) is 28.0. The van der Waals surface area contributed by atoms with E-state index in [0.717, 1.165) is 18.6 Å². The van der Waals surface area contributed by atoms with Gasteiger partial charge in [-0.2, -0.15) is 13.2 Å². The predicted octanol–water partition coefficient (Wildman–Crippen LogP) is 1.99. The zero-order chi connectivity index (χ0) is 22.3. The Hall–Kier alpha value is -2.20. The average molecular weight is 432 g/mol. The van der Waals surface area contributed by atoms with Crippen molar-refractivity contribution in [1.29, 1.82) is 0 Å². The number of alkyl halides is 3. The summed E-state index contributed by atoms with van der Waals surface area (Å²) in [6.07, 6.45) is -3.84. The molecule has 1 aliphatic heterocycles. The molecule has 10 heteroatoms. The molecule has 1 aliphatic rings. The largest absolute Gasteiger partial charge is 0.416 e. The normalized spacial score (nSPS) is 16.9. The Labute approximate surface area is 173 Å². The van der Waals surface area contributed by atoms with Crippen molar-refractivity contribution in [3.05, 3.63) is 35.1 Å². The van der Waals surface area contributed by atoms with Crippen molar-refractivity contribution in [1.82, 2.24) is 20.4 Å². The van der Waals surface area contributed by atoms with Crippen molar-refractivity contribution >= 4 is 11.8 Å². The van der Waals surface area contributed by atoms with E-state index in [0.29, 0.717) is 38.8 Å². The summed E-state index contributed by atoms with van der Waals surface area (Å²) in [5.41, 5.74) is -1.28. The molecule has 2 N–H and O–H groups in total. The molecule has 1 fully saturated rings. The van der Waals surface area contributed by atoms with Gasteiger partial charge in [0.2, 0.25) is 11.8 Å². The number of hydrogen-bond donors (Lipinski definition) is 2. The molecule has 1 aromatic carbocycles. The third kappa shape index (κ3) is 7.56. The van der Waals surface area contributed by atoms with Gasteiger partial charge >= 0.3 is 6.18 Å². The molecule has 168 valence electrons. The number of amides is 2. The average Bonchev–Trinajstić information content (AvgIpc) is 2.67. The van der Waals surface area contributed by atoms with Gasteiger partial charge in [-0.3, -0.25) is 19.4 Å². The lowest BCUT2D eigenvalue weighted by molar-refractivity contribution is -0.138. The molecule has 2 amide bonds. The molecule has 0 bridgehead atoms. The summed E-state index contributed by atoms with van der Waals surface area (Å²) in [5.74, 6) is -1.42. The van der Waals surface area contributed by atoms with E-state index in [2.05, 4.69) is 10.6 Å². The molecule has 1 atom stereocenters. The lowest BCUT2D eigenvalue weighted by Crippen LogP contribution is -2.52. The SMILES string of the molecule is CCC(C)NC(=O)CN1CCN(CC(=O)NCc2ccc(F)cc2C(F)(F)F)CC1. The Kier molecular flexibility index (Phi) is 8.60. The summed E-state index contributed by atoms with van der Waals surface area (Å²) in [5, 5.41) is 5.38. The van der Waals surface area contributed by atoms with Gasteiger partial charge in [0.25, 0.3) is 0 Å². The van der Waals surface area contributed by atoms with E-state index in [1.54, 1.807) is 0 Å². The number of carbonyl (C=O) groups is 2. The van der Waals surface area contributed by atoms with Crippen LogP contribution in [0.3, 0.4) is 0 Å². The van der Waals surface area contributed by atoms with Gasteiger partial charge in [0.15, 0.2) is 0 Å². The molecular formula is C20H28F4N4O2. The maximum absolute atomic E-state index is 13.2. The van der Waals surface area contributed by atoms with Crippen LogP contribution in [0.2, 0.25) is 0 Å². The molecule has 2 rings (SSSR count). The molecule has 0 spiro atoms. The fraction of sp³-hybridized carbons (Fsp3) is 0.600. The van der Waals surface area contributed by atoms with Crippen molar-refractivity contribution in [3.63, 3.8) is 0 Å². The van der Waals surface area contributed by atoms with Gasteiger partial charge in [0.05, 0.1) is 18.7 Å². The van der Waals surface area contributed by atoms with E-state index < -0.39 is 23.5 Å². The highest BCUT2D eigenvalue weighted by Crippen LogP contribution is 2.32. The molecule has 0 radical (unpaired) electrons. The Bertz CT molecular complexity index is 734. The van der Waals surface area contributed by atoms with Crippen LogP contribution in [-0.2, 0) is 22.3 Å². The third-order valence-electron chi connectivity index (χ3n) is 5.07. The molecule has 1 aromatic rings. The highest BCUT2D eigenvalue weighted by Gasteiger charge is 2.33. The van der Waals surface area contributed by atoms with Crippen LogP contribution in [0.4, 0.5) is 17.6 Å². The minimum atomic E-state index is -4.69. The molecule has 0 aromatic heterocycles. The summed E-state index contributed by atoms with van der Waals surface area (Å²) < 4.78 is 52.2. The topological polar surface area (TPSA) is 64.7 Å². The Morgan fingerprint density at radius 3 is 2.17 bits per heavy atom.